The van der Waals surface area contributed by atoms with Crippen molar-refractivity contribution in [2.45, 2.75) is 26.4 Å². The summed E-state index contributed by atoms with van der Waals surface area (Å²) in [6.45, 7) is 5.92. The van der Waals surface area contributed by atoms with E-state index < -0.39 is 6.10 Å². The molecular formula is C22H29N5O4S. The van der Waals surface area contributed by atoms with Crippen LogP contribution in [0, 0.1) is 0 Å². The van der Waals surface area contributed by atoms with Gasteiger partial charge in [0.05, 0.1) is 6.10 Å². The molecule has 9 nitrogen and oxygen atoms in total. The van der Waals surface area contributed by atoms with E-state index in [2.05, 4.69) is 9.59 Å². The van der Waals surface area contributed by atoms with Gasteiger partial charge < -0.3 is 19.4 Å². The molecule has 32 heavy (non-hydrogen) atoms. The van der Waals surface area contributed by atoms with Crippen molar-refractivity contribution >= 4 is 29.3 Å². The van der Waals surface area contributed by atoms with Crippen LogP contribution in [-0.4, -0.2) is 94.0 Å². The lowest BCUT2D eigenvalue weighted by atomic mass is 10.1. The minimum atomic E-state index is -0.479. The summed E-state index contributed by atoms with van der Waals surface area (Å²) in [5.41, 5.74) is 1.33. The van der Waals surface area contributed by atoms with Gasteiger partial charge in [-0.05, 0) is 37.4 Å². The highest BCUT2D eigenvalue weighted by Gasteiger charge is 2.32. The molecule has 0 radical (unpaired) electrons. The van der Waals surface area contributed by atoms with Crippen LogP contribution in [0.25, 0.3) is 0 Å². The van der Waals surface area contributed by atoms with E-state index in [0.29, 0.717) is 32.6 Å². The number of amides is 3. The van der Waals surface area contributed by atoms with Gasteiger partial charge in [-0.3, -0.25) is 14.4 Å². The molecule has 172 valence electrons. The lowest BCUT2D eigenvalue weighted by Crippen LogP contribution is -2.41. The van der Waals surface area contributed by atoms with Gasteiger partial charge in [0, 0.05) is 38.1 Å². The van der Waals surface area contributed by atoms with Gasteiger partial charge in [0.2, 0.25) is 11.8 Å². The van der Waals surface area contributed by atoms with E-state index in [1.54, 1.807) is 15.2 Å². The maximum Gasteiger partial charge on any atom is 0.275 e. The van der Waals surface area contributed by atoms with Crippen LogP contribution in [0.5, 0.6) is 0 Å². The van der Waals surface area contributed by atoms with E-state index in [1.165, 1.54) is 4.90 Å². The maximum atomic E-state index is 13.0. The van der Waals surface area contributed by atoms with E-state index in [1.807, 2.05) is 44.2 Å². The first-order valence-electron chi connectivity index (χ1n) is 10.8. The molecule has 1 unspecified atom stereocenters. The van der Waals surface area contributed by atoms with Gasteiger partial charge >= 0.3 is 0 Å². The molecule has 0 aliphatic carbocycles. The van der Waals surface area contributed by atoms with E-state index in [-0.39, 0.29) is 43.1 Å². The van der Waals surface area contributed by atoms with Gasteiger partial charge in [-0.2, -0.15) is 0 Å². The zero-order chi connectivity index (χ0) is 22.9. The van der Waals surface area contributed by atoms with Crippen LogP contribution in [0.15, 0.2) is 35.7 Å². The fourth-order valence-corrected chi connectivity index (χ4v) is 4.07. The zero-order valence-corrected chi connectivity index (χ0v) is 19.3. The SMILES string of the molecule is CCN(CC)C(=O)COC1CN(CCc2ccccc2)C(=O)CN(C(=O)c2csnn2)C1. The summed E-state index contributed by atoms with van der Waals surface area (Å²) in [4.78, 5) is 43.1. The van der Waals surface area contributed by atoms with Crippen LogP contribution < -0.4 is 0 Å². The largest absolute Gasteiger partial charge is 0.365 e. The second-order valence-corrected chi connectivity index (χ2v) is 8.16. The summed E-state index contributed by atoms with van der Waals surface area (Å²) < 4.78 is 9.67. The number of carbonyl (C=O) groups excluding carboxylic acids is 3. The third kappa shape index (κ3) is 6.33. The molecule has 1 aromatic heterocycles. The predicted octanol–water partition coefficient (Wildman–Crippen LogP) is 1.32. The summed E-state index contributed by atoms with van der Waals surface area (Å²) >= 11 is 1.08. The average Bonchev–Trinajstić information content (AvgIpc) is 3.29. The molecule has 0 N–H and O–H groups in total. The number of nitrogens with zero attached hydrogens (tertiary/aromatic N) is 5. The third-order valence-electron chi connectivity index (χ3n) is 5.47. The summed E-state index contributed by atoms with van der Waals surface area (Å²) in [6, 6.07) is 9.92. The first kappa shape index (κ1) is 23.8. The number of carbonyl (C=O) groups is 3. The van der Waals surface area contributed by atoms with Crippen molar-refractivity contribution in [1.29, 1.82) is 0 Å². The Hall–Kier alpha value is -2.85. The lowest BCUT2D eigenvalue weighted by molar-refractivity contribution is -0.138. The summed E-state index contributed by atoms with van der Waals surface area (Å²) in [6.07, 6.45) is 0.217. The van der Waals surface area contributed by atoms with E-state index in [9.17, 15) is 14.4 Å². The monoisotopic (exact) mass is 459 g/mol. The van der Waals surface area contributed by atoms with E-state index >= 15 is 0 Å². The number of hydrogen-bond donors (Lipinski definition) is 0. The quantitative estimate of drug-likeness (QED) is 0.561. The number of aromatic nitrogens is 2. The topological polar surface area (TPSA) is 95.9 Å². The molecule has 0 spiro atoms. The van der Waals surface area contributed by atoms with Gasteiger partial charge in [0.25, 0.3) is 5.91 Å². The van der Waals surface area contributed by atoms with Crippen molar-refractivity contribution in [3.05, 3.63) is 47.0 Å². The fraction of sp³-hybridized carbons (Fsp3) is 0.500. The zero-order valence-electron chi connectivity index (χ0n) is 18.5. The molecule has 1 fully saturated rings. The second kappa shape index (κ2) is 11.7. The molecule has 3 rings (SSSR count). The fourth-order valence-electron chi connectivity index (χ4n) is 3.64. The minimum Gasteiger partial charge on any atom is -0.365 e. The van der Waals surface area contributed by atoms with Crippen LogP contribution in [-0.2, 0) is 20.7 Å². The van der Waals surface area contributed by atoms with Crippen molar-refractivity contribution in [3.8, 4) is 0 Å². The third-order valence-corrected chi connectivity index (χ3v) is 5.97. The highest BCUT2D eigenvalue weighted by Crippen LogP contribution is 2.13. The number of likely N-dealkylation sites (N-methyl/N-ethyl adjacent to an activating group) is 1. The van der Waals surface area contributed by atoms with E-state index in [4.69, 9.17) is 4.74 Å². The summed E-state index contributed by atoms with van der Waals surface area (Å²) in [7, 11) is 0. The Morgan fingerprint density at radius 1 is 1.19 bits per heavy atom. The predicted molar refractivity (Wildman–Crippen MR) is 120 cm³/mol. The molecule has 2 heterocycles. The van der Waals surface area contributed by atoms with Crippen LogP contribution in [0.3, 0.4) is 0 Å². The van der Waals surface area contributed by atoms with Crippen LogP contribution in [0.2, 0.25) is 0 Å². The molecule has 3 amide bonds. The number of ether oxygens (including phenoxy) is 1. The van der Waals surface area contributed by atoms with Crippen molar-refractivity contribution < 1.29 is 19.1 Å². The second-order valence-electron chi connectivity index (χ2n) is 7.55. The number of benzene rings is 1. The van der Waals surface area contributed by atoms with E-state index in [0.717, 1.165) is 17.1 Å². The first-order valence-corrected chi connectivity index (χ1v) is 11.6. The number of rotatable bonds is 9. The number of hydrogen-bond acceptors (Lipinski definition) is 7. The first-order chi connectivity index (χ1) is 15.5. The minimum absolute atomic E-state index is 0.0605. The molecule has 1 aromatic carbocycles. The molecule has 1 aliphatic rings. The van der Waals surface area contributed by atoms with Gasteiger partial charge in [-0.1, -0.05) is 34.8 Å². The Morgan fingerprint density at radius 3 is 2.59 bits per heavy atom. The average molecular weight is 460 g/mol. The Labute approximate surface area is 192 Å². The van der Waals surface area contributed by atoms with Crippen molar-refractivity contribution in [2.24, 2.45) is 0 Å². The Morgan fingerprint density at radius 2 is 1.94 bits per heavy atom. The van der Waals surface area contributed by atoms with Crippen LogP contribution in [0.4, 0.5) is 0 Å². The smallest absolute Gasteiger partial charge is 0.275 e. The molecule has 2 aromatic rings. The van der Waals surface area contributed by atoms with Gasteiger partial charge in [-0.25, -0.2) is 0 Å². The van der Waals surface area contributed by atoms with Gasteiger partial charge in [0.15, 0.2) is 5.69 Å². The molecule has 1 saturated heterocycles. The molecule has 10 heteroatoms. The molecule has 0 bridgehead atoms. The molecule has 1 atom stereocenters. The highest BCUT2D eigenvalue weighted by atomic mass is 32.1. The van der Waals surface area contributed by atoms with Crippen LogP contribution in [0.1, 0.15) is 29.9 Å². The molecule has 1 aliphatic heterocycles. The molecular weight excluding hydrogens is 430 g/mol. The maximum absolute atomic E-state index is 13.0. The lowest BCUT2D eigenvalue weighted by Gasteiger charge is -2.26. The Kier molecular flexibility index (Phi) is 8.69. The normalized spacial score (nSPS) is 16.7. The molecule has 0 saturated carbocycles. The van der Waals surface area contributed by atoms with Gasteiger partial charge in [0.1, 0.15) is 13.2 Å². The summed E-state index contributed by atoms with van der Waals surface area (Å²) in [5.74, 6) is -0.623. The van der Waals surface area contributed by atoms with Crippen molar-refractivity contribution in [2.75, 3.05) is 45.9 Å². The van der Waals surface area contributed by atoms with Crippen LogP contribution >= 0.6 is 11.5 Å². The standard InChI is InChI=1S/C22H29N5O4S/c1-3-25(4-2)21(29)15-31-18-12-26(11-10-17-8-6-5-7-9-17)20(28)14-27(13-18)22(30)19-16-32-24-23-19/h5-9,16,18H,3-4,10-15H2,1-2H3. The highest BCUT2D eigenvalue weighted by molar-refractivity contribution is 7.03. The summed E-state index contributed by atoms with van der Waals surface area (Å²) in [5, 5.41) is 5.40. The Bertz CT molecular complexity index is 889. The van der Waals surface area contributed by atoms with Gasteiger partial charge in [-0.15, -0.1) is 5.10 Å². The van der Waals surface area contributed by atoms with Crippen molar-refractivity contribution in [1.82, 2.24) is 24.3 Å². The van der Waals surface area contributed by atoms with Crippen molar-refractivity contribution in [3.63, 3.8) is 0 Å². The Balaban J connectivity index is 1.71.